The summed E-state index contributed by atoms with van der Waals surface area (Å²) in [5.74, 6) is 4.52. The van der Waals surface area contributed by atoms with E-state index in [1.807, 2.05) is 6.08 Å². The SMILES string of the molecule is CCOC(=O)c1c(C)[nH]c2c(=O)n(C)cc(C#CC3CC=CC=C3F)c12. The number of aryl methyl sites for hydroxylation is 2. The molecule has 0 radical (unpaired) electrons. The van der Waals surface area contributed by atoms with Crippen molar-refractivity contribution in [2.24, 2.45) is 13.0 Å². The molecule has 1 atom stereocenters. The number of rotatable bonds is 2. The van der Waals surface area contributed by atoms with Crippen LogP contribution in [0, 0.1) is 24.7 Å². The van der Waals surface area contributed by atoms with Gasteiger partial charge in [0.05, 0.1) is 23.7 Å². The molecule has 1 aliphatic rings. The molecule has 0 fully saturated rings. The first-order valence-corrected chi connectivity index (χ1v) is 8.36. The van der Waals surface area contributed by atoms with E-state index in [4.69, 9.17) is 4.74 Å². The number of ether oxygens (including phenoxy) is 1. The van der Waals surface area contributed by atoms with Crippen LogP contribution in [0.3, 0.4) is 0 Å². The Morgan fingerprint density at radius 3 is 2.96 bits per heavy atom. The number of hydrogen-bond donors (Lipinski definition) is 1. The number of aromatic amines is 1. The van der Waals surface area contributed by atoms with Gasteiger partial charge in [-0.3, -0.25) is 4.79 Å². The molecule has 0 aromatic carbocycles. The van der Waals surface area contributed by atoms with Crippen molar-refractivity contribution in [3.05, 3.63) is 57.4 Å². The lowest BCUT2D eigenvalue weighted by Crippen LogP contribution is -2.17. The van der Waals surface area contributed by atoms with Gasteiger partial charge in [0.1, 0.15) is 11.3 Å². The van der Waals surface area contributed by atoms with E-state index in [1.165, 1.54) is 10.6 Å². The molecule has 3 rings (SSSR count). The van der Waals surface area contributed by atoms with E-state index in [2.05, 4.69) is 16.8 Å². The van der Waals surface area contributed by atoms with Crippen LogP contribution in [0.15, 0.2) is 35.0 Å². The quantitative estimate of drug-likeness (QED) is 0.666. The average molecular weight is 354 g/mol. The topological polar surface area (TPSA) is 64.1 Å². The number of esters is 1. The third kappa shape index (κ3) is 3.08. The maximum absolute atomic E-state index is 13.9. The zero-order chi connectivity index (χ0) is 18.8. The van der Waals surface area contributed by atoms with Crippen LogP contribution >= 0.6 is 0 Å². The lowest BCUT2D eigenvalue weighted by atomic mass is 9.99. The molecule has 134 valence electrons. The van der Waals surface area contributed by atoms with Crippen molar-refractivity contribution >= 4 is 16.9 Å². The van der Waals surface area contributed by atoms with Gasteiger partial charge >= 0.3 is 5.97 Å². The van der Waals surface area contributed by atoms with Gasteiger partial charge in [-0.15, -0.1) is 0 Å². The zero-order valence-electron chi connectivity index (χ0n) is 14.9. The smallest absolute Gasteiger partial charge is 0.340 e. The summed E-state index contributed by atoms with van der Waals surface area (Å²) in [5.41, 5.74) is 1.34. The molecule has 0 spiro atoms. The average Bonchev–Trinajstić information content (AvgIpc) is 2.96. The van der Waals surface area contributed by atoms with E-state index in [0.29, 0.717) is 34.1 Å². The molecule has 26 heavy (non-hydrogen) atoms. The molecule has 6 heteroatoms. The highest BCUT2D eigenvalue weighted by Gasteiger charge is 2.22. The number of pyridine rings is 1. The second-order valence-corrected chi connectivity index (χ2v) is 6.09. The lowest BCUT2D eigenvalue weighted by Gasteiger charge is -2.08. The van der Waals surface area contributed by atoms with Crippen LogP contribution in [-0.4, -0.2) is 22.1 Å². The minimum atomic E-state index is -0.529. The molecule has 0 saturated carbocycles. The Labute approximate surface area is 150 Å². The van der Waals surface area contributed by atoms with E-state index in [1.54, 1.807) is 33.2 Å². The Balaban J connectivity index is 2.21. The molecular formula is C20H19FN2O3. The summed E-state index contributed by atoms with van der Waals surface area (Å²) in [4.78, 5) is 27.8. The summed E-state index contributed by atoms with van der Waals surface area (Å²) in [6.07, 6.45) is 6.95. The van der Waals surface area contributed by atoms with Crippen LogP contribution in [0.1, 0.15) is 35.0 Å². The Morgan fingerprint density at radius 2 is 2.27 bits per heavy atom. The predicted octanol–water partition coefficient (Wildman–Crippen LogP) is 3.13. The molecule has 2 aromatic rings. The summed E-state index contributed by atoms with van der Waals surface area (Å²) in [6, 6.07) is 0. The Morgan fingerprint density at radius 1 is 1.50 bits per heavy atom. The maximum Gasteiger partial charge on any atom is 0.340 e. The van der Waals surface area contributed by atoms with Crippen LogP contribution in [0.5, 0.6) is 0 Å². The van der Waals surface area contributed by atoms with Crippen LogP contribution in [0.25, 0.3) is 10.9 Å². The van der Waals surface area contributed by atoms with Crippen LogP contribution in [0.2, 0.25) is 0 Å². The molecule has 1 aliphatic carbocycles. The van der Waals surface area contributed by atoms with Gasteiger partial charge < -0.3 is 14.3 Å². The molecule has 0 aliphatic heterocycles. The largest absolute Gasteiger partial charge is 0.462 e. The second-order valence-electron chi connectivity index (χ2n) is 6.09. The van der Waals surface area contributed by atoms with E-state index >= 15 is 0 Å². The van der Waals surface area contributed by atoms with Gasteiger partial charge in [-0.25, -0.2) is 9.18 Å². The number of fused-ring (bicyclic) bond motifs is 1. The minimum absolute atomic E-state index is 0.223. The summed E-state index contributed by atoms with van der Waals surface area (Å²) in [6.45, 7) is 3.64. The summed E-state index contributed by atoms with van der Waals surface area (Å²) in [7, 11) is 1.61. The Bertz CT molecular complexity index is 1060. The number of halogens is 1. The fourth-order valence-electron chi connectivity index (χ4n) is 3.00. The monoisotopic (exact) mass is 354 g/mol. The number of nitrogens with one attached hydrogen (secondary N) is 1. The molecule has 1 N–H and O–H groups in total. The van der Waals surface area contributed by atoms with Crippen molar-refractivity contribution in [1.82, 2.24) is 9.55 Å². The number of nitrogens with zero attached hydrogens (tertiary/aromatic N) is 1. The van der Waals surface area contributed by atoms with Crippen molar-refractivity contribution in [1.29, 1.82) is 0 Å². The highest BCUT2D eigenvalue weighted by Crippen LogP contribution is 2.25. The fraction of sp³-hybridized carbons (Fsp3) is 0.300. The van der Waals surface area contributed by atoms with E-state index < -0.39 is 11.9 Å². The van der Waals surface area contributed by atoms with E-state index in [0.717, 1.165) is 0 Å². The molecule has 2 aromatic heterocycles. The van der Waals surface area contributed by atoms with E-state index in [9.17, 15) is 14.0 Å². The van der Waals surface area contributed by atoms with Crippen molar-refractivity contribution in [3.63, 3.8) is 0 Å². The van der Waals surface area contributed by atoms with Gasteiger partial charge in [-0.05, 0) is 26.3 Å². The van der Waals surface area contributed by atoms with Gasteiger partial charge in [0.2, 0.25) is 0 Å². The van der Waals surface area contributed by atoms with Crippen molar-refractivity contribution < 1.29 is 13.9 Å². The predicted molar refractivity (Wildman–Crippen MR) is 97.5 cm³/mol. The fourth-order valence-corrected chi connectivity index (χ4v) is 3.00. The van der Waals surface area contributed by atoms with Crippen LogP contribution < -0.4 is 5.56 Å². The third-order valence-electron chi connectivity index (χ3n) is 4.27. The molecule has 0 saturated heterocycles. The van der Waals surface area contributed by atoms with Gasteiger partial charge in [0.25, 0.3) is 5.56 Å². The number of aromatic nitrogens is 2. The highest BCUT2D eigenvalue weighted by atomic mass is 19.1. The van der Waals surface area contributed by atoms with Gasteiger partial charge in [-0.2, -0.15) is 0 Å². The minimum Gasteiger partial charge on any atom is -0.462 e. The van der Waals surface area contributed by atoms with E-state index in [-0.39, 0.29) is 18.0 Å². The zero-order valence-corrected chi connectivity index (χ0v) is 14.9. The van der Waals surface area contributed by atoms with Crippen molar-refractivity contribution in [3.8, 4) is 11.8 Å². The summed E-state index contributed by atoms with van der Waals surface area (Å²) < 4.78 is 20.4. The maximum atomic E-state index is 13.9. The standard InChI is InChI=1S/C20H19FN2O3/c1-4-26-20(25)16-12(2)22-18-17(16)14(11-23(3)19(18)24)10-9-13-7-5-6-8-15(13)21/h5-6,8,11,13,22H,4,7H2,1-3H3. The van der Waals surface area contributed by atoms with Gasteiger partial charge in [-0.1, -0.05) is 24.0 Å². The Hall–Kier alpha value is -3.07. The van der Waals surface area contributed by atoms with Gasteiger partial charge in [0, 0.05) is 24.3 Å². The molecule has 5 nitrogen and oxygen atoms in total. The number of carbonyl (C=O) groups excluding carboxylic acids is 1. The molecular weight excluding hydrogens is 335 g/mol. The third-order valence-corrected chi connectivity index (χ3v) is 4.27. The molecule has 0 amide bonds. The first kappa shape index (κ1) is 17.7. The molecule has 0 bridgehead atoms. The number of allylic oxidation sites excluding steroid dienone is 4. The Kier molecular flexibility index (Phi) is 4.81. The van der Waals surface area contributed by atoms with Crippen LogP contribution in [0.4, 0.5) is 4.39 Å². The first-order chi connectivity index (χ1) is 12.4. The molecule has 1 unspecified atom stereocenters. The van der Waals surface area contributed by atoms with Crippen LogP contribution in [-0.2, 0) is 11.8 Å². The van der Waals surface area contributed by atoms with Crippen molar-refractivity contribution in [2.75, 3.05) is 6.61 Å². The molecule has 2 heterocycles. The summed E-state index contributed by atoms with van der Waals surface area (Å²) in [5, 5.41) is 0.423. The highest BCUT2D eigenvalue weighted by molar-refractivity contribution is 6.07. The second kappa shape index (κ2) is 7.04. The van der Waals surface area contributed by atoms with Gasteiger partial charge in [0.15, 0.2) is 0 Å². The lowest BCUT2D eigenvalue weighted by molar-refractivity contribution is 0.0528. The number of H-pyrrole nitrogens is 1. The number of carbonyl (C=O) groups is 1. The first-order valence-electron chi connectivity index (χ1n) is 8.36. The number of hydrogen-bond acceptors (Lipinski definition) is 3. The normalized spacial score (nSPS) is 16.2. The summed E-state index contributed by atoms with van der Waals surface area (Å²) >= 11 is 0. The van der Waals surface area contributed by atoms with Crippen molar-refractivity contribution in [2.45, 2.75) is 20.3 Å².